The van der Waals surface area contributed by atoms with Gasteiger partial charge in [-0.15, -0.1) is 0 Å². The lowest BCUT2D eigenvalue weighted by Gasteiger charge is -2.22. The molecule has 2 saturated carbocycles. The summed E-state index contributed by atoms with van der Waals surface area (Å²) in [6, 6.07) is 0. The number of carboxylic acids is 1. The molecule has 4 rings (SSSR count). The predicted molar refractivity (Wildman–Crippen MR) is 167 cm³/mol. The second-order valence-electron chi connectivity index (χ2n) is 13.0. The molecule has 2 aliphatic carbocycles. The molecule has 0 aliphatic heterocycles. The van der Waals surface area contributed by atoms with Gasteiger partial charge in [0.1, 0.15) is 29.7 Å². The lowest BCUT2D eigenvalue weighted by Crippen LogP contribution is -2.10. The minimum absolute atomic E-state index is 0.00250. The smallest absolute Gasteiger partial charge is 0.304 e. The molecule has 0 radical (unpaired) electrons. The molecule has 9 heteroatoms. The Morgan fingerprint density at radius 3 is 1.45 bits per heavy atom. The molecule has 0 aromatic carbocycles. The highest BCUT2D eigenvalue weighted by Crippen LogP contribution is 2.33. The minimum Gasteiger partial charge on any atom is -0.481 e. The number of hydrogen-bond donors (Lipinski definition) is 1. The molecule has 9 nitrogen and oxygen atoms in total. The van der Waals surface area contributed by atoms with Crippen LogP contribution in [-0.2, 0) is 9.59 Å². The minimum atomic E-state index is -0.856. The van der Waals surface area contributed by atoms with Crippen LogP contribution in [0.15, 0.2) is 21.4 Å². The zero-order valence-electron chi connectivity index (χ0n) is 27.0. The molecule has 2 aromatic rings. The number of carbonyl (C=O) groups excluding carboxylic acids is 3. The van der Waals surface area contributed by atoms with Gasteiger partial charge in [-0.2, -0.15) is 0 Å². The van der Waals surface area contributed by atoms with Gasteiger partial charge in [0.2, 0.25) is 0 Å². The maximum atomic E-state index is 11.5. The van der Waals surface area contributed by atoms with Crippen molar-refractivity contribution in [3.05, 3.63) is 35.7 Å². The largest absolute Gasteiger partial charge is 0.481 e. The zero-order chi connectivity index (χ0) is 31.9. The van der Waals surface area contributed by atoms with Crippen molar-refractivity contribution in [3.63, 3.8) is 0 Å². The van der Waals surface area contributed by atoms with Gasteiger partial charge in [-0.1, -0.05) is 89.9 Å². The van der Waals surface area contributed by atoms with Gasteiger partial charge in [0.05, 0.1) is 6.42 Å². The number of Topliss-reactive ketones (excluding diaryl/α,β-unsaturated/α-hetero) is 3. The predicted octanol–water partition coefficient (Wildman–Crippen LogP) is 8.88. The first-order valence-corrected chi connectivity index (χ1v) is 16.8. The van der Waals surface area contributed by atoms with Gasteiger partial charge in [-0.05, 0) is 31.6 Å². The number of oxazole rings is 2. The fraction of sp³-hybridized carbons (Fsp3) is 0.714. The number of carboxylic acid groups (broad SMARTS) is 1. The van der Waals surface area contributed by atoms with Crippen molar-refractivity contribution in [3.8, 4) is 0 Å². The number of ketones is 3. The van der Waals surface area contributed by atoms with Crippen molar-refractivity contribution in [1.82, 2.24) is 9.97 Å². The van der Waals surface area contributed by atoms with E-state index in [-0.39, 0.29) is 41.3 Å². The summed E-state index contributed by atoms with van der Waals surface area (Å²) in [5.74, 6) is 1.37. The first kappa shape index (κ1) is 35.4. The van der Waals surface area contributed by atoms with Crippen molar-refractivity contribution in [2.45, 2.75) is 148 Å². The van der Waals surface area contributed by atoms with E-state index < -0.39 is 5.97 Å². The molecule has 2 atom stereocenters. The molecule has 1 N–H and O–H groups in total. The average molecular weight is 613 g/mol. The van der Waals surface area contributed by atoms with Crippen LogP contribution in [0, 0.1) is 11.8 Å². The van der Waals surface area contributed by atoms with Crippen molar-refractivity contribution < 1.29 is 33.1 Å². The van der Waals surface area contributed by atoms with E-state index in [1.807, 2.05) is 0 Å². The first-order chi connectivity index (χ1) is 21.1. The van der Waals surface area contributed by atoms with Crippen molar-refractivity contribution in [2.24, 2.45) is 11.8 Å². The zero-order valence-corrected chi connectivity index (χ0v) is 27.0. The maximum Gasteiger partial charge on any atom is 0.304 e. The van der Waals surface area contributed by atoms with Gasteiger partial charge >= 0.3 is 5.97 Å². The van der Waals surface area contributed by atoms with Crippen LogP contribution in [0.1, 0.15) is 181 Å². The summed E-state index contributed by atoms with van der Waals surface area (Å²) in [6.07, 6.45) is 22.7. The van der Waals surface area contributed by atoms with E-state index in [0.717, 1.165) is 43.9 Å². The van der Waals surface area contributed by atoms with E-state index in [1.54, 1.807) is 6.92 Å². The highest BCUT2D eigenvalue weighted by Gasteiger charge is 2.24. The molecule has 2 aromatic heterocycles. The second-order valence-corrected chi connectivity index (χ2v) is 13.0. The average Bonchev–Trinajstić information content (AvgIpc) is 3.69. The molecular formula is C35H52N2O7. The molecule has 0 unspecified atom stereocenters. The third-order valence-electron chi connectivity index (χ3n) is 9.20. The van der Waals surface area contributed by atoms with Crippen LogP contribution in [0.4, 0.5) is 0 Å². The number of rotatable bonds is 16. The van der Waals surface area contributed by atoms with Gasteiger partial charge in [0.15, 0.2) is 23.3 Å². The van der Waals surface area contributed by atoms with E-state index in [2.05, 4.69) is 9.97 Å². The Kier molecular flexibility index (Phi) is 15.0. The summed E-state index contributed by atoms with van der Waals surface area (Å²) < 4.78 is 10.8. The van der Waals surface area contributed by atoms with Gasteiger partial charge in [-0.25, -0.2) is 9.97 Å². The number of carbonyl (C=O) groups is 4. The maximum absolute atomic E-state index is 11.5. The van der Waals surface area contributed by atoms with Crippen molar-refractivity contribution >= 4 is 23.3 Å². The highest BCUT2D eigenvalue weighted by atomic mass is 16.4. The van der Waals surface area contributed by atoms with Crippen molar-refractivity contribution in [1.29, 1.82) is 0 Å². The molecule has 244 valence electrons. The normalized spacial score (nSPS) is 17.3. The Bertz CT molecular complexity index is 1100. The van der Waals surface area contributed by atoms with Gasteiger partial charge in [-0.3, -0.25) is 14.4 Å². The fourth-order valence-corrected chi connectivity index (χ4v) is 6.71. The van der Waals surface area contributed by atoms with E-state index in [0.29, 0.717) is 23.9 Å². The Morgan fingerprint density at radius 1 is 0.705 bits per heavy atom. The van der Waals surface area contributed by atoms with Crippen LogP contribution in [-0.4, -0.2) is 38.4 Å². The molecule has 2 fully saturated rings. The molecule has 2 heterocycles. The van der Waals surface area contributed by atoms with Gasteiger partial charge < -0.3 is 18.7 Å². The highest BCUT2D eigenvalue weighted by molar-refractivity contribution is 5.92. The van der Waals surface area contributed by atoms with Crippen molar-refractivity contribution in [2.75, 3.05) is 0 Å². The SMILES string of the molecule is CC(=O)C[C@@H](CCCC1CCCCC1)c1nc(C(C)=O)co1.CC(=O)c1coc([C@H](CCCC2CCCCC2)CC(=O)O)n1. The Labute approximate surface area is 262 Å². The summed E-state index contributed by atoms with van der Waals surface area (Å²) in [4.78, 5) is 53.6. The van der Waals surface area contributed by atoms with Gasteiger partial charge in [0, 0.05) is 32.1 Å². The molecule has 0 bridgehead atoms. The van der Waals surface area contributed by atoms with Crippen LogP contribution >= 0.6 is 0 Å². The lowest BCUT2D eigenvalue weighted by atomic mass is 9.84. The molecule has 0 amide bonds. The topological polar surface area (TPSA) is 141 Å². The molecule has 2 aliphatic rings. The molecular weight excluding hydrogens is 560 g/mol. The summed E-state index contributed by atoms with van der Waals surface area (Å²) >= 11 is 0. The first-order valence-electron chi connectivity index (χ1n) is 16.8. The van der Waals surface area contributed by atoms with Crippen LogP contribution in [0.25, 0.3) is 0 Å². The molecule has 0 saturated heterocycles. The summed E-state index contributed by atoms with van der Waals surface area (Å²) in [6.45, 7) is 4.50. The van der Waals surface area contributed by atoms with Crippen LogP contribution in [0.3, 0.4) is 0 Å². The van der Waals surface area contributed by atoms with E-state index >= 15 is 0 Å². The standard InChI is InChI=1S/C18H27NO3.C17H25NO4/c1-13(20)11-16(18-19-17(12-22-18)14(2)21)10-6-9-15-7-4-3-5-8-15;1-12(19)15-11-22-17(18-15)14(10-16(20)21)9-5-8-13-6-3-2-4-7-13/h12,15-16H,3-11H2,1-2H3;11,13-14H,2-10H2,1H3,(H,20,21)/t16-;14-/m11/s1. The number of nitrogens with zero attached hydrogens (tertiary/aromatic N) is 2. The lowest BCUT2D eigenvalue weighted by molar-refractivity contribution is -0.137. The summed E-state index contributed by atoms with van der Waals surface area (Å²) in [5, 5.41) is 9.07. The van der Waals surface area contributed by atoms with Crippen LogP contribution < -0.4 is 0 Å². The molecule has 0 spiro atoms. The number of aromatic nitrogens is 2. The fourth-order valence-electron chi connectivity index (χ4n) is 6.71. The van der Waals surface area contributed by atoms with Crippen LogP contribution in [0.5, 0.6) is 0 Å². The third kappa shape index (κ3) is 12.5. The second kappa shape index (κ2) is 18.6. The van der Waals surface area contributed by atoms with E-state index in [1.165, 1.54) is 97.0 Å². The quantitative estimate of drug-likeness (QED) is 0.184. The Balaban J connectivity index is 0.000000240. The summed E-state index contributed by atoms with van der Waals surface area (Å²) in [7, 11) is 0. The third-order valence-corrected chi connectivity index (χ3v) is 9.20. The summed E-state index contributed by atoms with van der Waals surface area (Å²) in [5.41, 5.74) is 0.633. The van der Waals surface area contributed by atoms with Gasteiger partial charge in [0.25, 0.3) is 0 Å². The Morgan fingerprint density at radius 2 is 1.11 bits per heavy atom. The number of hydrogen-bond acceptors (Lipinski definition) is 8. The van der Waals surface area contributed by atoms with Crippen LogP contribution in [0.2, 0.25) is 0 Å². The molecule has 44 heavy (non-hydrogen) atoms. The monoisotopic (exact) mass is 612 g/mol. The van der Waals surface area contributed by atoms with E-state index in [4.69, 9.17) is 13.9 Å². The number of aliphatic carboxylic acids is 1. The Hall–Kier alpha value is -3.10. The van der Waals surface area contributed by atoms with E-state index in [9.17, 15) is 19.2 Å².